The van der Waals surface area contributed by atoms with E-state index in [-0.39, 0.29) is 5.97 Å². The summed E-state index contributed by atoms with van der Waals surface area (Å²) >= 11 is 0. The Morgan fingerprint density at radius 1 is 1.34 bits per heavy atom. The monoisotopic (exact) mass is 395 g/mol. The number of benzene rings is 1. The van der Waals surface area contributed by atoms with Crippen LogP contribution in [0, 0.1) is 0 Å². The maximum Gasteiger partial charge on any atom is 0.340 e. The van der Waals surface area contributed by atoms with Crippen molar-refractivity contribution in [2.45, 2.75) is 20.1 Å². The Labute approximate surface area is 169 Å². The third-order valence-corrected chi connectivity index (χ3v) is 5.25. The lowest BCUT2D eigenvalue weighted by molar-refractivity contribution is 0.0523. The van der Waals surface area contributed by atoms with Crippen LogP contribution in [-0.2, 0) is 29.7 Å². The van der Waals surface area contributed by atoms with Crippen LogP contribution in [-0.4, -0.2) is 47.9 Å². The topological polar surface area (TPSA) is 65.8 Å². The average molecular weight is 395 g/mol. The van der Waals surface area contributed by atoms with Gasteiger partial charge in [0.25, 0.3) is 0 Å². The molecule has 0 saturated carbocycles. The molecule has 0 fully saturated rings. The molecule has 3 heterocycles. The molecule has 0 radical (unpaired) electrons. The first-order valence-corrected chi connectivity index (χ1v) is 9.61. The second-order valence-corrected chi connectivity index (χ2v) is 7.19. The van der Waals surface area contributed by atoms with Crippen molar-refractivity contribution in [1.29, 1.82) is 0 Å². The van der Waals surface area contributed by atoms with E-state index in [2.05, 4.69) is 16.0 Å². The maximum atomic E-state index is 12.9. The number of fused-ring (bicyclic) bond motifs is 3. The zero-order valence-corrected chi connectivity index (χ0v) is 17.2. The molecule has 1 aliphatic rings. The van der Waals surface area contributed by atoms with E-state index in [1.54, 1.807) is 13.3 Å². The Morgan fingerprint density at radius 2 is 2.17 bits per heavy atom. The van der Waals surface area contributed by atoms with Crippen LogP contribution in [0.4, 0.5) is 0 Å². The van der Waals surface area contributed by atoms with E-state index in [1.807, 2.05) is 43.9 Å². The van der Waals surface area contributed by atoms with Gasteiger partial charge >= 0.3 is 5.97 Å². The number of aromatic nitrogens is 2. The molecule has 4 rings (SSSR count). The Balaban J connectivity index is 2.08. The van der Waals surface area contributed by atoms with Gasteiger partial charge in [-0.15, -0.1) is 0 Å². The molecule has 0 N–H and O–H groups in total. The van der Waals surface area contributed by atoms with Crippen molar-refractivity contribution in [3.63, 3.8) is 0 Å². The Morgan fingerprint density at radius 3 is 2.86 bits per heavy atom. The number of carbonyl (C=O) groups excluding carboxylic acids is 1. The lowest BCUT2D eigenvalue weighted by Crippen LogP contribution is -2.28. The highest BCUT2D eigenvalue weighted by molar-refractivity contribution is 6.09. The fourth-order valence-electron chi connectivity index (χ4n) is 3.98. The molecule has 0 unspecified atom stereocenters. The van der Waals surface area contributed by atoms with Crippen LogP contribution in [0.3, 0.4) is 0 Å². The van der Waals surface area contributed by atoms with Gasteiger partial charge in [0.1, 0.15) is 12.5 Å². The third kappa shape index (κ3) is 3.26. The largest absolute Gasteiger partial charge is 0.477 e. The summed E-state index contributed by atoms with van der Waals surface area (Å²) in [5.74, 6) is 0.457. The van der Waals surface area contributed by atoms with Gasteiger partial charge in [-0.25, -0.2) is 4.79 Å². The molecule has 1 aromatic carbocycles. The fourth-order valence-corrected chi connectivity index (χ4v) is 3.98. The van der Waals surface area contributed by atoms with Crippen LogP contribution in [0.1, 0.15) is 28.5 Å². The summed E-state index contributed by atoms with van der Waals surface area (Å²) in [5, 5.41) is 0.868. The molecule has 0 spiro atoms. The highest BCUT2D eigenvalue weighted by Crippen LogP contribution is 2.43. The Kier molecular flexibility index (Phi) is 5.25. The first kappa shape index (κ1) is 19.4. The smallest absolute Gasteiger partial charge is 0.340 e. The minimum atomic E-state index is -0.338. The van der Waals surface area contributed by atoms with Crippen molar-refractivity contribution in [3.05, 3.63) is 47.4 Å². The number of ether oxygens (including phenoxy) is 3. The molecule has 29 heavy (non-hydrogen) atoms. The lowest BCUT2D eigenvalue weighted by Gasteiger charge is -2.28. The van der Waals surface area contributed by atoms with Gasteiger partial charge in [-0.3, -0.25) is 9.88 Å². The van der Waals surface area contributed by atoms with E-state index in [9.17, 15) is 4.79 Å². The molecule has 0 aliphatic carbocycles. The molecule has 7 nitrogen and oxygen atoms in total. The number of pyridine rings is 1. The van der Waals surface area contributed by atoms with Crippen LogP contribution in [0.25, 0.3) is 22.0 Å². The number of aryl methyl sites for hydroxylation is 1. The van der Waals surface area contributed by atoms with Gasteiger partial charge in [0, 0.05) is 55.2 Å². The zero-order valence-electron chi connectivity index (χ0n) is 17.2. The number of hydrogen-bond acceptors (Lipinski definition) is 6. The fraction of sp³-hybridized carbons (Fsp3) is 0.364. The first-order valence-electron chi connectivity index (χ1n) is 9.61. The van der Waals surface area contributed by atoms with Gasteiger partial charge in [0.05, 0.1) is 30.0 Å². The van der Waals surface area contributed by atoms with Crippen molar-refractivity contribution in [2.24, 2.45) is 7.05 Å². The van der Waals surface area contributed by atoms with Crippen molar-refractivity contribution >= 4 is 16.9 Å². The van der Waals surface area contributed by atoms with Crippen LogP contribution in [0.15, 0.2) is 30.6 Å². The van der Waals surface area contributed by atoms with E-state index in [4.69, 9.17) is 14.2 Å². The van der Waals surface area contributed by atoms with Crippen LogP contribution < -0.4 is 4.74 Å². The summed E-state index contributed by atoms with van der Waals surface area (Å²) in [6.07, 6.45) is 3.58. The highest BCUT2D eigenvalue weighted by Gasteiger charge is 2.30. The van der Waals surface area contributed by atoms with Crippen LogP contribution >= 0.6 is 0 Å². The predicted molar refractivity (Wildman–Crippen MR) is 110 cm³/mol. The van der Waals surface area contributed by atoms with Gasteiger partial charge in [-0.1, -0.05) is 6.07 Å². The zero-order chi connectivity index (χ0) is 20.5. The summed E-state index contributed by atoms with van der Waals surface area (Å²) in [6.45, 7) is 3.59. The number of hydrogen-bond donors (Lipinski definition) is 0. The minimum absolute atomic E-state index is 0.313. The summed E-state index contributed by atoms with van der Waals surface area (Å²) in [5.41, 5.74) is 5.21. The maximum absolute atomic E-state index is 12.9. The van der Waals surface area contributed by atoms with Crippen molar-refractivity contribution in [1.82, 2.24) is 14.5 Å². The number of nitrogens with zero attached hydrogens (tertiary/aromatic N) is 3. The normalized spacial score (nSPS) is 13.9. The summed E-state index contributed by atoms with van der Waals surface area (Å²) < 4.78 is 19.0. The Hall–Kier alpha value is -2.90. The first-order chi connectivity index (χ1) is 14.1. The molecular weight excluding hydrogens is 370 g/mol. The van der Waals surface area contributed by atoms with E-state index in [0.717, 1.165) is 39.0 Å². The van der Waals surface area contributed by atoms with Gasteiger partial charge in [0.15, 0.2) is 0 Å². The molecule has 2 aromatic heterocycles. The van der Waals surface area contributed by atoms with Gasteiger partial charge < -0.3 is 18.8 Å². The lowest BCUT2D eigenvalue weighted by atomic mass is 9.96. The average Bonchev–Trinajstić information content (AvgIpc) is 3.01. The molecule has 0 atom stereocenters. The van der Waals surface area contributed by atoms with E-state index in [1.165, 1.54) is 0 Å². The second-order valence-electron chi connectivity index (χ2n) is 7.19. The summed E-state index contributed by atoms with van der Waals surface area (Å²) in [4.78, 5) is 19.3. The van der Waals surface area contributed by atoms with Gasteiger partial charge in [0.2, 0.25) is 0 Å². The third-order valence-electron chi connectivity index (χ3n) is 5.25. The highest BCUT2D eigenvalue weighted by atomic mass is 16.5. The van der Waals surface area contributed by atoms with E-state index < -0.39 is 0 Å². The predicted octanol–water partition coefficient (Wildman–Crippen LogP) is 3.35. The molecule has 0 saturated heterocycles. The number of esters is 1. The summed E-state index contributed by atoms with van der Waals surface area (Å²) in [7, 11) is 5.57. The number of carbonyl (C=O) groups is 1. The molecule has 7 heteroatoms. The van der Waals surface area contributed by atoms with E-state index in [0.29, 0.717) is 32.1 Å². The van der Waals surface area contributed by atoms with Crippen molar-refractivity contribution < 1.29 is 19.0 Å². The molecule has 152 valence electrons. The van der Waals surface area contributed by atoms with Crippen LogP contribution in [0.2, 0.25) is 0 Å². The molecule has 0 bridgehead atoms. The van der Waals surface area contributed by atoms with E-state index >= 15 is 0 Å². The standard InChI is InChI=1S/C22H25N3O4/c1-5-28-22(26)20-18(12-27-4)25(3)17-9-15(14-7-6-8-23-10-14)21-16(19(17)20)11-24(2)13-29-21/h6-10H,5,11-13H2,1-4H3. The summed E-state index contributed by atoms with van der Waals surface area (Å²) in [6, 6.07) is 5.99. The van der Waals surface area contributed by atoms with Crippen LogP contribution in [0.5, 0.6) is 5.75 Å². The van der Waals surface area contributed by atoms with Crippen molar-refractivity contribution in [2.75, 3.05) is 27.5 Å². The second kappa shape index (κ2) is 7.85. The number of methoxy groups -OCH3 is 1. The van der Waals surface area contributed by atoms with Gasteiger partial charge in [-0.05, 0) is 26.1 Å². The SMILES string of the molecule is CCOC(=O)c1c(COC)n(C)c2cc(-c3cccnc3)c3c(c12)CN(C)CO3. The Bertz CT molecular complexity index is 1060. The molecule has 0 amide bonds. The minimum Gasteiger partial charge on any atom is -0.477 e. The van der Waals surface area contributed by atoms with Gasteiger partial charge in [-0.2, -0.15) is 0 Å². The van der Waals surface area contributed by atoms with Crippen molar-refractivity contribution in [3.8, 4) is 16.9 Å². The number of rotatable bonds is 5. The quantitative estimate of drug-likeness (QED) is 0.618. The molecule has 1 aliphatic heterocycles. The molecule has 3 aromatic rings. The molecular formula is C22H25N3O4.